The number of carboxylic acids is 1. The molecule has 0 radical (unpaired) electrons. The Hall–Kier alpha value is -2.55. The Morgan fingerprint density at radius 1 is 1.27 bits per heavy atom. The minimum Gasteiger partial charge on any atom is -0.506 e. The summed E-state index contributed by atoms with van der Waals surface area (Å²) in [6.07, 6.45) is 0.869. The fraction of sp³-hybridized carbons (Fsp3) is 0.429. The summed E-state index contributed by atoms with van der Waals surface area (Å²) in [7, 11) is 4.14. The molecular weight excluding hydrogens is 410 g/mol. The first-order valence-corrected chi connectivity index (χ1v) is 9.73. The smallest absolute Gasteiger partial charge is 0.345 e. The number of nitrogens with zero attached hydrogens (tertiary/aromatic N) is 2. The quantitative estimate of drug-likeness (QED) is 0.582. The van der Waals surface area contributed by atoms with Gasteiger partial charge in [0, 0.05) is 35.9 Å². The number of aromatic hydroxyl groups is 1. The molecule has 2 aromatic rings. The minimum absolute atomic E-state index is 0. The average molecular weight is 436 g/mol. The van der Waals surface area contributed by atoms with Gasteiger partial charge in [0.15, 0.2) is 5.56 Å². The highest BCUT2D eigenvalue weighted by Gasteiger charge is 2.30. The van der Waals surface area contributed by atoms with E-state index in [4.69, 9.17) is 0 Å². The fourth-order valence-electron chi connectivity index (χ4n) is 4.38. The number of benzene rings is 1. The molecule has 2 aliphatic rings. The molecule has 2 atom stereocenters. The van der Waals surface area contributed by atoms with Gasteiger partial charge in [-0.25, -0.2) is 4.79 Å². The van der Waals surface area contributed by atoms with Crippen LogP contribution in [0.5, 0.6) is 5.75 Å². The summed E-state index contributed by atoms with van der Waals surface area (Å²) in [5.41, 5.74) is 1.50. The lowest BCUT2D eigenvalue weighted by molar-refractivity contribution is 0.0691. The molecule has 1 aromatic heterocycles. The maximum atomic E-state index is 12.3. The van der Waals surface area contributed by atoms with Crippen molar-refractivity contribution in [3.05, 3.63) is 45.2 Å². The second kappa shape index (κ2) is 8.29. The summed E-state index contributed by atoms with van der Waals surface area (Å²) >= 11 is 0. The first-order valence-electron chi connectivity index (χ1n) is 9.73. The van der Waals surface area contributed by atoms with Crippen LogP contribution in [0.3, 0.4) is 0 Å². The maximum Gasteiger partial charge on any atom is 0.345 e. The Balaban J connectivity index is 0.00000256. The molecule has 0 bridgehead atoms. The van der Waals surface area contributed by atoms with Crippen LogP contribution >= 0.6 is 12.4 Å². The molecule has 4 N–H and O–H groups in total. The Kier molecular flexibility index (Phi) is 6.12. The van der Waals surface area contributed by atoms with Crippen molar-refractivity contribution in [2.75, 3.05) is 32.1 Å². The Morgan fingerprint density at radius 2 is 2.00 bits per heavy atom. The monoisotopic (exact) mass is 435 g/mol. The minimum atomic E-state index is -1.48. The number of aromatic amines is 1. The van der Waals surface area contributed by atoms with E-state index in [1.807, 2.05) is 18.2 Å². The van der Waals surface area contributed by atoms with Gasteiger partial charge in [0.2, 0.25) is 0 Å². The van der Waals surface area contributed by atoms with Crippen molar-refractivity contribution >= 4 is 24.1 Å². The van der Waals surface area contributed by atoms with Crippen LogP contribution in [0.4, 0.5) is 5.69 Å². The number of hydrogen-bond donors (Lipinski definition) is 4. The molecule has 0 spiro atoms. The number of carboxylic acid groups (broad SMARTS) is 1. The number of fused-ring (bicyclic) bond motifs is 3. The highest BCUT2D eigenvalue weighted by molar-refractivity contribution is 5.92. The number of pyridine rings is 1. The maximum absolute atomic E-state index is 12.3. The molecule has 1 aliphatic heterocycles. The van der Waals surface area contributed by atoms with E-state index < -0.39 is 28.9 Å². The molecule has 2 heterocycles. The Morgan fingerprint density at radius 3 is 2.63 bits per heavy atom. The molecule has 1 fully saturated rings. The van der Waals surface area contributed by atoms with Crippen molar-refractivity contribution < 1.29 is 20.1 Å². The van der Waals surface area contributed by atoms with Gasteiger partial charge in [0.1, 0.15) is 5.75 Å². The fourth-order valence-corrected chi connectivity index (χ4v) is 4.38. The van der Waals surface area contributed by atoms with Gasteiger partial charge < -0.3 is 30.1 Å². The van der Waals surface area contributed by atoms with Crippen LogP contribution in [0.15, 0.2) is 23.0 Å². The van der Waals surface area contributed by atoms with E-state index in [9.17, 15) is 24.9 Å². The van der Waals surface area contributed by atoms with Gasteiger partial charge in [-0.15, -0.1) is 12.4 Å². The third-order valence-corrected chi connectivity index (χ3v) is 6.09. The van der Waals surface area contributed by atoms with Gasteiger partial charge in [0.05, 0.1) is 11.8 Å². The van der Waals surface area contributed by atoms with E-state index in [-0.39, 0.29) is 18.8 Å². The molecule has 9 heteroatoms. The molecule has 2 unspecified atom stereocenters. The van der Waals surface area contributed by atoms with Crippen LogP contribution in [0.25, 0.3) is 11.3 Å². The summed E-state index contributed by atoms with van der Waals surface area (Å²) in [5, 5.41) is 30.4. The van der Waals surface area contributed by atoms with Crippen LogP contribution in [0.2, 0.25) is 0 Å². The second-order valence-corrected chi connectivity index (χ2v) is 8.01. The largest absolute Gasteiger partial charge is 0.506 e. The van der Waals surface area contributed by atoms with Crippen molar-refractivity contribution in [3.8, 4) is 17.0 Å². The number of H-pyrrole nitrogens is 1. The number of carbonyl (C=O) groups is 1. The van der Waals surface area contributed by atoms with E-state index in [0.29, 0.717) is 34.8 Å². The number of aliphatic hydroxyl groups excluding tert-OH is 1. The van der Waals surface area contributed by atoms with Crippen molar-refractivity contribution in [3.63, 3.8) is 0 Å². The zero-order valence-electron chi connectivity index (χ0n) is 16.9. The molecular formula is C21H26ClN3O5. The van der Waals surface area contributed by atoms with Crippen LogP contribution in [0, 0.1) is 0 Å². The van der Waals surface area contributed by atoms with Crippen molar-refractivity contribution in [2.45, 2.75) is 31.4 Å². The van der Waals surface area contributed by atoms with Crippen LogP contribution < -0.4 is 10.5 Å². The Labute approximate surface area is 180 Å². The number of halogens is 1. The summed E-state index contributed by atoms with van der Waals surface area (Å²) in [4.78, 5) is 30.7. The lowest BCUT2D eigenvalue weighted by atomic mass is 9.98. The van der Waals surface area contributed by atoms with Crippen LogP contribution in [0.1, 0.15) is 40.4 Å². The van der Waals surface area contributed by atoms with Crippen molar-refractivity contribution in [1.29, 1.82) is 0 Å². The first kappa shape index (κ1) is 22.1. The molecule has 1 aliphatic carbocycles. The zero-order valence-corrected chi connectivity index (χ0v) is 17.7. The van der Waals surface area contributed by atoms with Gasteiger partial charge in [0.25, 0.3) is 5.56 Å². The lowest BCUT2D eigenvalue weighted by Crippen LogP contribution is -2.31. The summed E-state index contributed by atoms with van der Waals surface area (Å²) in [6.45, 7) is 1.83. The number of aromatic nitrogens is 1. The summed E-state index contributed by atoms with van der Waals surface area (Å²) in [6, 6.07) is 6.19. The molecule has 162 valence electrons. The lowest BCUT2D eigenvalue weighted by Gasteiger charge is -2.23. The summed E-state index contributed by atoms with van der Waals surface area (Å²) < 4.78 is 0. The van der Waals surface area contributed by atoms with Gasteiger partial charge in [-0.05, 0) is 51.1 Å². The topological polar surface area (TPSA) is 117 Å². The molecule has 8 nitrogen and oxygen atoms in total. The normalized spacial score (nSPS) is 20.3. The number of hydrogen-bond acceptors (Lipinski definition) is 6. The number of aromatic carboxylic acids is 1. The SMILES string of the molecule is CN(C)C1CCN(c2ccc3c(c2)C(O)CCc2c-3[nH]c(=O)c(C(=O)O)c2O)C1.Cl. The van der Waals surface area contributed by atoms with E-state index >= 15 is 0 Å². The van der Waals surface area contributed by atoms with E-state index in [1.54, 1.807) is 0 Å². The number of rotatable bonds is 3. The van der Waals surface area contributed by atoms with E-state index in [2.05, 4.69) is 28.9 Å². The second-order valence-electron chi connectivity index (χ2n) is 8.01. The predicted octanol–water partition coefficient (Wildman–Crippen LogP) is 1.99. The van der Waals surface area contributed by atoms with Gasteiger partial charge in [-0.3, -0.25) is 4.79 Å². The summed E-state index contributed by atoms with van der Waals surface area (Å²) in [5.74, 6) is -2.00. The number of likely N-dealkylation sites (N-methyl/N-ethyl adjacent to an activating group) is 1. The van der Waals surface area contributed by atoms with Gasteiger partial charge >= 0.3 is 5.97 Å². The third-order valence-electron chi connectivity index (χ3n) is 6.09. The van der Waals surface area contributed by atoms with Crippen LogP contribution in [-0.4, -0.2) is 64.4 Å². The van der Waals surface area contributed by atoms with Gasteiger partial charge in [-0.2, -0.15) is 0 Å². The molecule has 4 rings (SSSR count). The van der Waals surface area contributed by atoms with Crippen LogP contribution in [-0.2, 0) is 6.42 Å². The highest BCUT2D eigenvalue weighted by atomic mass is 35.5. The van der Waals surface area contributed by atoms with Gasteiger partial charge in [-0.1, -0.05) is 6.07 Å². The predicted molar refractivity (Wildman–Crippen MR) is 116 cm³/mol. The molecule has 30 heavy (non-hydrogen) atoms. The Bertz CT molecular complexity index is 1040. The number of aliphatic hydroxyl groups is 1. The molecule has 1 saturated heterocycles. The average Bonchev–Trinajstić information content (AvgIpc) is 3.11. The molecule has 0 amide bonds. The van der Waals surface area contributed by atoms with Crippen molar-refractivity contribution in [1.82, 2.24) is 9.88 Å². The van der Waals surface area contributed by atoms with E-state index in [1.165, 1.54) is 0 Å². The molecule has 0 saturated carbocycles. The number of nitrogens with one attached hydrogen (secondary N) is 1. The highest BCUT2D eigenvalue weighted by Crippen LogP contribution is 2.41. The van der Waals surface area contributed by atoms with E-state index in [0.717, 1.165) is 25.2 Å². The number of anilines is 1. The standard InChI is InChI=1S/C21H25N3O5.ClH/c1-23(2)12-7-8-24(10-12)11-3-4-13-15(9-11)16(25)6-5-14-18(13)22-20(27)17(19(14)26)21(28)29;/h3-4,9,12,16,25H,5-8,10H2,1-2H3,(H,28,29)(H2,22,26,27);1H. The molecule has 1 aromatic carbocycles. The first-order chi connectivity index (χ1) is 13.8. The van der Waals surface area contributed by atoms with Crippen molar-refractivity contribution in [2.24, 2.45) is 0 Å². The zero-order chi connectivity index (χ0) is 20.9. The third kappa shape index (κ3) is 3.66.